The molecule has 0 N–H and O–H groups in total. The van der Waals surface area contributed by atoms with Gasteiger partial charge in [-0.3, -0.25) is 4.90 Å². The summed E-state index contributed by atoms with van der Waals surface area (Å²) in [5.41, 5.74) is 2.82. The lowest BCUT2D eigenvalue weighted by molar-refractivity contribution is 0.295. The minimum absolute atomic E-state index is 0.143. The second kappa shape index (κ2) is 8.29. The van der Waals surface area contributed by atoms with E-state index in [1.165, 1.54) is 30.8 Å². The van der Waals surface area contributed by atoms with Crippen molar-refractivity contribution in [3.8, 4) is 11.4 Å². The average Bonchev–Trinajstić information content (AvgIpc) is 3.28. The first kappa shape index (κ1) is 19.5. The predicted molar refractivity (Wildman–Crippen MR) is 114 cm³/mol. The molecule has 1 aliphatic rings. The highest BCUT2D eigenvalue weighted by Crippen LogP contribution is 2.40. The van der Waals surface area contributed by atoms with Crippen LogP contribution in [0.3, 0.4) is 0 Å². The number of nitrogens with zero attached hydrogens (tertiary/aromatic N) is 4. The number of halogens is 1. The molecule has 0 unspecified atom stereocenters. The van der Waals surface area contributed by atoms with Gasteiger partial charge in [-0.05, 0) is 50.5 Å². The first-order valence-corrected chi connectivity index (χ1v) is 11.3. The molecule has 150 valence electrons. The molecule has 0 spiro atoms. The van der Waals surface area contributed by atoms with E-state index in [4.69, 9.17) is 4.98 Å². The standard InChI is InChI=1S/C22H29FN4S/c1-4-26(5-2)14-19-24-22(25-28-19)20-15(3)27(16-10-7-6-8-11-16)21-17(20)12-9-13-18(21)23/h9,12-13,16H,4-8,10-11,14H2,1-3H3. The van der Waals surface area contributed by atoms with Crippen molar-refractivity contribution in [1.82, 2.24) is 18.8 Å². The molecule has 4 rings (SSSR count). The van der Waals surface area contributed by atoms with Gasteiger partial charge in [0.2, 0.25) is 0 Å². The van der Waals surface area contributed by atoms with E-state index in [1.807, 2.05) is 6.07 Å². The second-order valence-corrected chi connectivity index (χ2v) is 8.57. The van der Waals surface area contributed by atoms with Crippen LogP contribution in [0.25, 0.3) is 22.3 Å². The Morgan fingerprint density at radius 3 is 2.64 bits per heavy atom. The van der Waals surface area contributed by atoms with Gasteiger partial charge in [-0.1, -0.05) is 45.2 Å². The van der Waals surface area contributed by atoms with E-state index in [9.17, 15) is 4.39 Å². The van der Waals surface area contributed by atoms with Crippen LogP contribution in [0, 0.1) is 12.7 Å². The summed E-state index contributed by atoms with van der Waals surface area (Å²) in [6, 6.07) is 5.77. The van der Waals surface area contributed by atoms with Gasteiger partial charge in [0.05, 0.1) is 12.1 Å². The molecule has 2 heterocycles. The highest BCUT2D eigenvalue weighted by atomic mass is 32.1. The minimum Gasteiger partial charge on any atom is -0.339 e. The van der Waals surface area contributed by atoms with Gasteiger partial charge in [0.25, 0.3) is 0 Å². The van der Waals surface area contributed by atoms with Crippen molar-refractivity contribution in [3.05, 3.63) is 34.7 Å². The Labute approximate surface area is 170 Å². The topological polar surface area (TPSA) is 34.0 Å². The Bertz CT molecular complexity index is 951. The van der Waals surface area contributed by atoms with Crippen molar-refractivity contribution >= 4 is 22.4 Å². The van der Waals surface area contributed by atoms with E-state index in [2.05, 4.69) is 34.6 Å². The summed E-state index contributed by atoms with van der Waals surface area (Å²) in [6.45, 7) is 9.24. The van der Waals surface area contributed by atoms with Gasteiger partial charge in [0, 0.05) is 22.7 Å². The molecule has 1 saturated carbocycles. The molecule has 0 bridgehead atoms. The maximum atomic E-state index is 14.9. The fourth-order valence-corrected chi connectivity index (χ4v) is 5.27. The van der Waals surface area contributed by atoms with Crippen LogP contribution in [0.1, 0.15) is 62.7 Å². The van der Waals surface area contributed by atoms with Crippen LogP contribution in [0.4, 0.5) is 4.39 Å². The summed E-state index contributed by atoms with van der Waals surface area (Å²) in [7, 11) is 0. The molecule has 1 fully saturated rings. The molecule has 0 atom stereocenters. The van der Waals surface area contributed by atoms with E-state index >= 15 is 0 Å². The molecule has 2 aromatic heterocycles. The lowest BCUT2D eigenvalue weighted by Crippen LogP contribution is -2.21. The number of rotatable bonds is 6. The van der Waals surface area contributed by atoms with E-state index < -0.39 is 0 Å². The first-order chi connectivity index (χ1) is 13.6. The van der Waals surface area contributed by atoms with E-state index in [-0.39, 0.29) is 5.82 Å². The maximum absolute atomic E-state index is 14.9. The Kier molecular flexibility index (Phi) is 5.78. The molecular formula is C22H29FN4S. The largest absolute Gasteiger partial charge is 0.339 e. The van der Waals surface area contributed by atoms with Crippen molar-refractivity contribution in [3.63, 3.8) is 0 Å². The van der Waals surface area contributed by atoms with Crippen LogP contribution in [0.5, 0.6) is 0 Å². The molecule has 3 aromatic rings. The third-order valence-corrected chi connectivity index (χ3v) is 6.80. The zero-order valence-electron chi connectivity index (χ0n) is 17.0. The van der Waals surface area contributed by atoms with Gasteiger partial charge >= 0.3 is 0 Å². The Hall–Kier alpha value is -1.79. The number of para-hydroxylation sites is 1. The van der Waals surface area contributed by atoms with Gasteiger partial charge in [-0.2, -0.15) is 4.37 Å². The van der Waals surface area contributed by atoms with Crippen LogP contribution in [-0.4, -0.2) is 31.9 Å². The third-order valence-electron chi connectivity index (χ3n) is 6.11. The second-order valence-electron chi connectivity index (χ2n) is 7.73. The summed E-state index contributed by atoms with van der Waals surface area (Å²) >= 11 is 1.46. The van der Waals surface area contributed by atoms with Crippen molar-refractivity contribution in [2.45, 2.75) is 65.5 Å². The number of fused-ring (bicyclic) bond motifs is 1. The fraction of sp³-hybridized carbons (Fsp3) is 0.545. The Morgan fingerprint density at radius 2 is 1.93 bits per heavy atom. The van der Waals surface area contributed by atoms with Crippen LogP contribution < -0.4 is 0 Å². The number of benzene rings is 1. The van der Waals surface area contributed by atoms with Crippen LogP contribution >= 0.6 is 11.5 Å². The lowest BCUT2D eigenvalue weighted by Gasteiger charge is -2.26. The van der Waals surface area contributed by atoms with Gasteiger partial charge in [-0.25, -0.2) is 9.37 Å². The summed E-state index contributed by atoms with van der Waals surface area (Å²) in [5.74, 6) is 0.603. The van der Waals surface area contributed by atoms with Gasteiger partial charge in [0.1, 0.15) is 10.8 Å². The molecule has 0 aliphatic heterocycles. The Balaban J connectivity index is 1.81. The van der Waals surface area contributed by atoms with Gasteiger partial charge in [0.15, 0.2) is 5.82 Å². The quantitative estimate of drug-likeness (QED) is 0.512. The van der Waals surface area contributed by atoms with Crippen molar-refractivity contribution in [2.24, 2.45) is 0 Å². The van der Waals surface area contributed by atoms with Gasteiger partial charge < -0.3 is 4.57 Å². The smallest absolute Gasteiger partial charge is 0.175 e. The van der Waals surface area contributed by atoms with E-state index in [0.717, 1.165) is 65.5 Å². The zero-order chi connectivity index (χ0) is 19.7. The average molecular weight is 401 g/mol. The predicted octanol–water partition coefficient (Wildman–Crippen LogP) is 5.95. The van der Waals surface area contributed by atoms with Crippen molar-refractivity contribution in [2.75, 3.05) is 13.1 Å². The third kappa shape index (κ3) is 3.48. The first-order valence-electron chi connectivity index (χ1n) is 10.5. The van der Waals surface area contributed by atoms with Crippen molar-refractivity contribution in [1.29, 1.82) is 0 Å². The molecule has 0 amide bonds. The monoisotopic (exact) mass is 400 g/mol. The molecule has 0 saturated heterocycles. The molecule has 0 radical (unpaired) electrons. The summed E-state index contributed by atoms with van der Waals surface area (Å²) < 4.78 is 21.8. The molecule has 6 heteroatoms. The normalized spacial score (nSPS) is 15.8. The number of hydrogen-bond acceptors (Lipinski definition) is 4. The lowest BCUT2D eigenvalue weighted by atomic mass is 9.95. The number of aromatic nitrogens is 3. The van der Waals surface area contributed by atoms with Crippen LogP contribution in [-0.2, 0) is 6.54 Å². The summed E-state index contributed by atoms with van der Waals surface area (Å²) in [6.07, 6.45) is 5.96. The van der Waals surface area contributed by atoms with E-state index in [0.29, 0.717) is 6.04 Å². The van der Waals surface area contributed by atoms with E-state index in [1.54, 1.807) is 12.1 Å². The highest BCUT2D eigenvalue weighted by Gasteiger charge is 2.26. The summed E-state index contributed by atoms with van der Waals surface area (Å²) in [5, 5.41) is 1.96. The van der Waals surface area contributed by atoms with Crippen LogP contribution in [0.2, 0.25) is 0 Å². The Morgan fingerprint density at radius 1 is 1.18 bits per heavy atom. The molecule has 28 heavy (non-hydrogen) atoms. The highest BCUT2D eigenvalue weighted by molar-refractivity contribution is 7.05. The number of hydrogen-bond donors (Lipinski definition) is 0. The SMILES string of the molecule is CCN(CC)Cc1nc(-c2c(C)n(C3CCCCC3)c3c(F)cccc23)ns1. The molecule has 1 aliphatic carbocycles. The fourth-order valence-electron chi connectivity index (χ4n) is 4.58. The molecular weight excluding hydrogens is 371 g/mol. The zero-order valence-corrected chi connectivity index (χ0v) is 17.9. The minimum atomic E-state index is -0.143. The van der Waals surface area contributed by atoms with Crippen molar-refractivity contribution < 1.29 is 4.39 Å². The molecule has 4 nitrogen and oxygen atoms in total. The van der Waals surface area contributed by atoms with Gasteiger partial charge in [-0.15, -0.1) is 0 Å². The van der Waals surface area contributed by atoms with Crippen LogP contribution in [0.15, 0.2) is 18.2 Å². The molecule has 1 aromatic carbocycles. The maximum Gasteiger partial charge on any atom is 0.175 e. The summed E-state index contributed by atoms with van der Waals surface area (Å²) in [4.78, 5) is 7.18.